The minimum absolute atomic E-state index is 0.113. The van der Waals surface area contributed by atoms with Crippen molar-refractivity contribution < 1.29 is 19.2 Å². The van der Waals surface area contributed by atoms with Gasteiger partial charge in [0.15, 0.2) is 0 Å². The normalized spacial score (nSPS) is 16.8. The average molecular weight is 559 g/mol. The molecule has 12 heteroatoms. The summed E-state index contributed by atoms with van der Waals surface area (Å²) in [4.78, 5) is 38.1. The molecule has 37 heavy (non-hydrogen) atoms. The molecule has 1 aliphatic heterocycles. The number of esters is 1. The van der Waals surface area contributed by atoms with Gasteiger partial charge in [0.05, 0.1) is 30.0 Å². The van der Waals surface area contributed by atoms with Crippen LogP contribution in [0.4, 0.5) is 16.2 Å². The molecule has 0 aromatic heterocycles. The summed E-state index contributed by atoms with van der Waals surface area (Å²) in [6.45, 7) is 1.53. The smallest absolute Gasteiger partial charge is 0.355 e. The molecule has 190 valence electrons. The SMILES string of the molecule is COC(=O)C1(C)CN(C(=O)N(Sc2ccccc2[N+](=O)[O-])c2ccc(Cl)cc2)N=C1c1ccc(Cl)cc1. The van der Waals surface area contributed by atoms with Crippen molar-refractivity contribution in [3.8, 4) is 0 Å². The fourth-order valence-corrected chi connectivity index (χ4v) is 5.01. The number of nitrogens with zero attached hydrogens (tertiary/aromatic N) is 4. The van der Waals surface area contributed by atoms with Crippen molar-refractivity contribution in [1.82, 2.24) is 5.01 Å². The Balaban J connectivity index is 1.77. The number of benzene rings is 3. The van der Waals surface area contributed by atoms with Crippen LogP contribution < -0.4 is 4.31 Å². The van der Waals surface area contributed by atoms with Gasteiger partial charge in [-0.3, -0.25) is 14.9 Å². The molecule has 1 atom stereocenters. The van der Waals surface area contributed by atoms with Crippen molar-refractivity contribution in [2.75, 3.05) is 18.0 Å². The molecule has 0 spiro atoms. The van der Waals surface area contributed by atoms with Crippen LogP contribution in [0.15, 0.2) is 82.8 Å². The Morgan fingerprint density at radius 1 is 1.05 bits per heavy atom. The molecule has 0 radical (unpaired) electrons. The van der Waals surface area contributed by atoms with Gasteiger partial charge in [0.1, 0.15) is 10.3 Å². The van der Waals surface area contributed by atoms with Gasteiger partial charge in [-0.1, -0.05) is 47.5 Å². The molecule has 0 aliphatic carbocycles. The van der Waals surface area contributed by atoms with Gasteiger partial charge in [0.2, 0.25) is 0 Å². The van der Waals surface area contributed by atoms with Gasteiger partial charge < -0.3 is 4.74 Å². The molecule has 1 aliphatic rings. The summed E-state index contributed by atoms with van der Waals surface area (Å²) in [6.07, 6.45) is 0. The summed E-state index contributed by atoms with van der Waals surface area (Å²) in [6, 6.07) is 18.6. The first kappa shape index (κ1) is 26.5. The molecule has 0 N–H and O–H groups in total. The van der Waals surface area contributed by atoms with Crippen molar-refractivity contribution in [2.45, 2.75) is 11.8 Å². The number of halogens is 2. The van der Waals surface area contributed by atoms with Crippen LogP contribution in [0.2, 0.25) is 10.0 Å². The zero-order valence-corrected chi connectivity index (χ0v) is 22.0. The monoisotopic (exact) mass is 558 g/mol. The number of carbonyl (C=O) groups is 2. The molecule has 1 heterocycles. The molecule has 9 nitrogen and oxygen atoms in total. The largest absolute Gasteiger partial charge is 0.468 e. The highest BCUT2D eigenvalue weighted by Gasteiger charge is 2.49. The lowest BCUT2D eigenvalue weighted by atomic mass is 9.82. The Bertz CT molecular complexity index is 1380. The summed E-state index contributed by atoms with van der Waals surface area (Å²) in [5.41, 5.74) is -0.0983. The third-order valence-electron chi connectivity index (χ3n) is 5.67. The van der Waals surface area contributed by atoms with Crippen molar-refractivity contribution in [2.24, 2.45) is 10.5 Å². The molecular formula is C25H20Cl2N4O5S. The first-order valence-corrected chi connectivity index (χ1v) is 12.4. The lowest BCUT2D eigenvalue weighted by Crippen LogP contribution is -2.43. The second-order valence-corrected chi connectivity index (χ2v) is 10.1. The first-order valence-electron chi connectivity index (χ1n) is 10.9. The number of hydrogen-bond donors (Lipinski definition) is 0. The van der Waals surface area contributed by atoms with E-state index in [1.807, 2.05) is 0 Å². The Hall–Kier alpha value is -3.60. The maximum Gasteiger partial charge on any atom is 0.355 e. The van der Waals surface area contributed by atoms with E-state index >= 15 is 0 Å². The molecule has 0 saturated carbocycles. The summed E-state index contributed by atoms with van der Waals surface area (Å²) < 4.78 is 6.31. The molecule has 4 rings (SSSR count). The number of rotatable bonds is 6. The van der Waals surface area contributed by atoms with E-state index in [9.17, 15) is 19.7 Å². The predicted octanol–water partition coefficient (Wildman–Crippen LogP) is 6.43. The Labute approximate surface area is 226 Å². The zero-order chi connectivity index (χ0) is 26.7. The number of urea groups is 1. The Kier molecular flexibility index (Phi) is 7.72. The minimum Gasteiger partial charge on any atom is -0.468 e. The molecule has 0 bridgehead atoms. The number of hydrazone groups is 1. The number of amides is 2. The van der Waals surface area contributed by atoms with Crippen molar-refractivity contribution >= 4 is 64.2 Å². The lowest BCUT2D eigenvalue weighted by Gasteiger charge is -2.27. The highest BCUT2D eigenvalue weighted by atomic mass is 35.5. The van der Waals surface area contributed by atoms with Crippen molar-refractivity contribution in [3.05, 3.63) is 98.5 Å². The quantitative estimate of drug-likeness (QED) is 0.149. The number of para-hydroxylation sites is 1. The van der Waals surface area contributed by atoms with Crippen LogP contribution in [0, 0.1) is 15.5 Å². The maximum atomic E-state index is 13.9. The fourth-order valence-electron chi connectivity index (χ4n) is 3.79. The number of anilines is 1. The van der Waals surface area contributed by atoms with Gasteiger partial charge >= 0.3 is 12.0 Å². The number of hydrogen-bond acceptors (Lipinski definition) is 7. The minimum atomic E-state index is -1.27. The third-order valence-corrected chi connectivity index (χ3v) is 7.27. The maximum absolute atomic E-state index is 13.9. The van der Waals surface area contributed by atoms with E-state index in [2.05, 4.69) is 5.10 Å². The first-order chi connectivity index (χ1) is 17.6. The molecule has 0 saturated heterocycles. The Morgan fingerprint density at radius 3 is 2.24 bits per heavy atom. The highest BCUT2D eigenvalue weighted by Crippen LogP contribution is 2.39. The van der Waals surface area contributed by atoms with Gasteiger partial charge in [-0.05, 0) is 55.0 Å². The van der Waals surface area contributed by atoms with Crippen molar-refractivity contribution in [3.63, 3.8) is 0 Å². The summed E-state index contributed by atoms with van der Waals surface area (Å²) >= 11 is 12.9. The van der Waals surface area contributed by atoms with Crippen LogP contribution in [-0.2, 0) is 9.53 Å². The van der Waals surface area contributed by atoms with E-state index in [0.29, 0.717) is 27.0 Å². The number of ether oxygens (including phenoxy) is 1. The van der Waals surface area contributed by atoms with Crippen LogP contribution in [0.25, 0.3) is 0 Å². The van der Waals surface area contributed by atoms with Gasteiger partial charge in [-0.15, -0.1) is 0 Å². The lowest BCUT2D eigenvalue weighted by molar-refractivity contribution is -0.387. The van der Waals surface area contributed by atoms with Crippen LogP contribution in [0.5, 0.6) is 0 Å². The number of nitro groups is 1. The molecule has 3 aromatic rings. The molecular weight excluding hydrogens is 539 g/mol. The predicted molar refractivity (Wildman–Crippen MR) is 143 cm³/mol. The van der Waals surface area contributed by atoms with E-state index in [-0.39, 0.29) is 17.1 Å². The number of methoxy groups -OCH3 is 1. The van der Waals surface area contributed by atoms with E-state index < -0.39 is 22.3 Å². The van der Waals surface area contributed by atoms with Gasteiger partial charge in [-0.2, -0.15) is 5.10 Å². The standard InChI is InChI=1S/C25H20Cl2N4O5S/c1-25(23(32)36-2)15-29(28-22(25)16-7-9-17(26)10-8-16)24(33)30(19-13-11-18(27)12-14-19)37-21-6-4-3-5-20(21)31(34)35/h3-14H,15H2,1-2H3. The molecule has 0 fully saturated rings. The summed E-state index contributed by atoms with van der Waals surface area (Å²) in [7, 11) is 1.27. The zero-order valence-electron chi connectivity index (χ0n) is 19.6. The molecule has 1 unspecified atom stereocenters. The topological polar surface area (TPSA) is 105 Å². The van der Waals surface area contributed by atoms with E-state index in [0.717, 1.165) is 17.0 Å². The average Bonchev–Trinajstić information content (AvgIpc) is 3.26. The van der Waals surface area contributed by atoms with Gasteiger partial charge in [0, 0.05) is 28.1 Å². The van der Waals surface area contributed by atoms with E-state index in [1.165, 1.54) is 17.5 Å². The number of nitro benzene ring substituents is 1. The second kappa shape index (κ2) is 10.8. The molecule has 2 amide bonds. The van der Waals surface area contributed by atoms with Crippen molar-refractivity contribution in [1.29, 1.82) is 0 Å². The van der Waals surface area contributed by atoms with Crippen LogP contribution in [-0.4, -0.2) is 41.3 Å². The van der Waals surface area contributed by atoms with Crippen LogP contribution in [0.3, 0.4) is 0 Å². The van der Waals surface area contributed by atoms with E-state index in [1.54, 1.807) is 73.7 Å². The summed E-state index contributed by atoms with van der Waals surface area (Å²) in [5, 5.41) is 18.2. The fraction of sp³-hybridized carbons (Fsp3) is 0.160. The summed E-state index contributed by atoms with van der Waals surface area (Å²) in [5.74, 6) is -0.569. The van der Waals surface area contributed by atoms with Crippen LogP contribution in [0.1, 0.15) is 12.5 Å². The van der Waals surface area contributed by atoms with E-state index in [4.69, 9.17) is 27.9 Å². The third kappa shape index (κ3) is 5.41. The highest BCUT2D eigenvalue weighted by molar-refractivity contribution is 8.01. The van der Waals surface area contributed by atoms with Gasteiger partial charge in [-0.25, -0.2) is 14.1 Å². The molecule has 3 aromatic carbocycles. The Morgan fingerprint density at radius 2 is 1.65 bits per heavy atom. The second-order valence-electron chi connectivity index (χ2n) is 8.21. The van der Waals surface area contributed by atoms with Crippen LogP contribution >= 0.6 is 35.1 Å². The van der Waals surface area contributed by atoms with Gasteiger partial charge in [0.25, 0.3) is 5.69 Å². The number of carbonyl (C=O) groups excluding carboxylic acids is 2.